The van der Waals surface area contributed by atoms with Crippen LogP contribution in [0.5, 0.6) is 0 Å². The van der Waals surface area contributed by atoms with Crippen molar-refractivity contribution in [3.8, 4) is 0 Å². The Kier molecular flexibility index (Phi) is 12.1. The van der Waals surface area contributed by atoms with Crippen molar-refractivity contribution in [2.24, 2.45) is 29.6 Å². The minimum atomic E-state index is -1.76. The predicted octanol–water partition coefficient (Wildman–Crippen LogP) is 0.666. The lowest BCUT2D eigenvalue weighted by Gasteiger charge is -2.48. The van der Waals surface area contributed by atoms with Crippen molar-refractivity contribution in [3.05, 3.63) is 0 Å². The summed E-state index contributed by atoms with van der Waals surface area (Å²) in [6.45, 7) is 13.4. The first-order valence-corrected chi connectivity index (χ1v) is 16.0. The maximum absolute atomic E-state index is 13.6. The summed E-state index contributed by atoms with van der Waals surface area (Å²) in [5.74, 6) is -4.98. The van der Waals surface area contributed by atoms with E-state index in [1.165, 1.54) is 14.0 Å². The number of fused-ring (bicyclic) bond motifs is 1. The molecule has 1 aliphatic carbocycles. The molecule has 12 nitrogen and oxygen atoms in total. The van der Waals surface area contributed by atoms with Gasteiger partial charge in [-0.05, 0) is 54.8 Å². The van der Waals surface area contributed by atoms with Crippen LogP contribution >= 0.6 is 0 Å². The van der Waals surface area contributed by atoms with Crippen molar-refractivity contribution in [2.75, 3.05) is 41.3 Å². The third-order valence-corrected chi connectivity index (χ3v) is 10.7. The zero-order valence-corrected chi connectivity index (χ0v) is 28.5. The summed E-state index contributed by atoms with van der Waals surface area (Å²) >= 11 is 0. The molecule has 44 heavy (non-hydrogen) atoms. The molecule has 1 unspecified atom stereocenters. The molecule has 2 saturated heterocycles. The first-order chi connectivity index (χ1) is 20.3. The normalized spacial score (nSPS) is 47.7. The molecule has 2 heterocycles. The average molecular weight is 631 g/mol. The molecule has 12 heteroatoms. The first kappa shape index (κ1) is 37.2. The summed E-state index contributed by atoms with van der Waals surface area (Å²) in [4.78, 5) is 31.0. The van der Waals surface area contributed by atoms with Crippen molar-refractivity contribution in [1.29, 1.82) is 0 Å². The Morgan fingerprint density at radius 2 is 1.57 bits per heavy atom. The van der Waals surface area contributed by atoms with Gasteiger partial charge in [0.1, 0.15) is 23.6 Å². The number of esters is 1. The highest BCUT2D eigenvalue weighted by Crippen LogP contribution is 2.51. The molecular formula is C32H58N2O10. The molecule has 15 atom stereocenters. The fourth-order valence-electron chi connectivity index (χ4n) is 7.27. The van der Waals surface area contributed by atoms with Crippen LogP contribution in [0.1, 0.15) is 61.3 Å². The Balaban J connectivity index is 1.99. The maximum Gasteiger partial charge on any atom is 0.311 e. The standard InChI is InChI=1S/C32H58N2O10/c1-16-15-31(7,41-11)27(44-30-25(37)22(14-17(2)42-30)34(10)13-12-33(8)9)19(4)24(36)20(5)29(39)43-28-21(6)32(28,40)26(38)18(3)23(16)35/h16-22,24-28,30,36-38,40H,12-15H2,1-11H3/t16-,17-,18+,19+,20-,21?,22+,24+,25-,26-,27-,28-,30+,31+,32+/m1/s1. The second-order valence-corrected chi connectivity index (χ2v) is 14.4. The number of nitrogens with zero attached hydrogens (tertiary/aromatic N) is 2. The van der Waals surface area contributed by atoms with E-state index in [0.717, 1.165) is 13.1 Å². The van der Waals surface area contributed by atoms with Gasteiger partial charge in [-0.25, -0.2) is 0 Å². The fourth-order valence-corrected chi connectivity index (χ4v) is 7.27. The molecule has 3 aliphatic rings. The zero-order chi connectivity index (χ0) is 33.5. The summed E-state index contributed by atoms with van der Waals surface area (Å²) in [5.41, 5.74) is -2.96. The smallest absolute Gasteiger partial charge is 0.311 e. The highest BCUT2D eigenvalue weighted by molar-refractivity contribution is 5.84. The highest BCUT2D eigenvalue weighted by atomic mass is 16.7. The van der Waals surface area contributed by atoms with Crippen molar-refractivity contribution >= 4 is 11.8 Å². The van der Waals surface area contributed by atoms with Crippen LogP contribution in [-0.2, 0) is 28.5 Å². The van der Waals surface area contributed by atoms with Crippen LogP contribution in [0.25, 0.3) is 0 Å². The number of aliphatic hydroxyl groups is 4. The van der Waals surface area contributed by atoms with Gasteiger partial charge >= 0.3 is 5.97 Å². The van der Waals surface area contributed by atoms with E-state index in [-0.39, 0.29) is 24.3 Å². The molecule has 0 radical (unpaired) electrons. The number of carbonyl (C=O) groups is 2. The molecule has 0 bridgehead atoms. The van der Waals surface area contributed by atoms with E-state index in [9.17, 15) is 30.0 Å². The highest BCUT2D eigenvalue weighted by Gasteiger charge is 2.70. The molecule has 3 rings (SSSR count). The zero-order valence-electron chi connectivity index (χ0n) is 28.5. The Morgan fingerprint density at radius 3 is 2.14 bits per heavy atom. The van der Waals surface area contributed by atoms with Gasteiger partial charge in [0.25, 0.3) is 0 Å². The monoisotopic (exact) mass is 630 g/mol. The van der Waals surface area contributed by atoms with Crippen LogP contribution < -0.4 is 0 Å². The van der Waals surface area contributed by atoms with Crippen LogP contribution in [0.4, 0.5) is 0 Å². The molecular weight excluding hydrogens is 572 g/mol. The molecule has 4 N–H and O–H groups in total. The summed E-state index contributed by atoms with van der Waals surface area (Å²) in [7, 11) is 7.43. The summed E-state index contributed by atoms with van der Waals surface area (Å²) in [5, 5.41) is 45.4. The third kappa shape index (κ3) is 7.34. The van der Waals surface area contributed by atoms with E-state index < -0.39 is 83.6 Å². The summed E-state index contributed by atoms with van der Waals surface area (Å²) in [6.07, 6.45) is -6.28. The molecule has 2 aliphatic heterocycles. The van der Waals surface area contributed by atoms with Gasteiger partial charge in [-0.3, -0.25) is 14.5 Å². The third-order valence-electron chi connectivity index (χ3n) is 10.7. The Labute approximate surface area is 263 Å². The Hall–Kier alpha value is -1.22. The van der Waals surface area contributed by atoms with Crippen molar-refractivity contribution in [1.82, 2.24) is 9.80 Å². The number of hydrogen-bond acceptors (Lipinski definition) is 12. The van der Waals surface area contributed by atoms with Gasteiger partial charge in [0, 0.05) is 49.9 Å². The second-order valence-electron chi connectivity index (χ2n) is 14.4. The lowest BCUT2D eigenvalue weighted by atomic mass is 9.75. The Bertz CT molecular complexity index is 1000. The fraction of sp³-hybridized carbons (Fsp3) is 0.938. The summed E-state index contributed by atoms with van der Waals surface area (Å²) < 4.78 is 24.4. The van der Waals surface area contributed by atoms with Crippen LogP contribution in [0.15, 0.2) is 0 Å². The van der Waals surface area contributed by atoms with E-state index in [0.29, 0.717) is 6.42 Å². The van der Waals surface area contributed by atoms with Gasteiger partial charge in [0.2, 0.25) is 0 Å². The van der Waals surface area contributed by atoms with Gasteiger partial charge in [0.05, 0.1) is 35.9 Å². The number of likely N-dealkylation sites (N-methyl/N-ethyl adjacent to an activating group) is 2. The number of hydrogen-bond donors (Lipinski definition) is 4. The first-order valence-electron chi connectivity index (χ1n) is 16.0. The lowest BCUT2D eigenvalue weighted by Crippen LogP contribution is -2.60. The quantitative estimate of drug-likeness (QED) is 0.292. The van der Waals surface area contributed by atoms with Crippen LogP contribution in [0, 0.1) is 29.6 Å². The number of Topliss-reactive ketones (excluding diaryl/α,β-unsaturated/α-hetero) is 1. The number of methoxy groups -OCH3 is 1. The van der Waals surface area contributed by atoms with Crippen LogP contribution in [-0.4, -0.2) is 143 Å². The van der Waals surface area contributed by atoms with Gasteiger partial charge in [-0.15, -0.1) is 0 Å². The largest absolute Gasteiger partial charge is 0.458 e. The van der Waals surface area contributed by atoms with Gasteiger partial charge < -0.3 is 44.3 Å². The van der Waals surface area contributed by atoms with E-state index in [1.807, 2.05) is 28.1 Å². The molecule has 256 valence electrons. The number of rotatable bonds is 7. The van der Waals surface area contributed by atoms with Gasteiger partial charge in [-0.2, -0.15) is 0 Å². The van der Waals surface area contributed by atoms with Gasteiger partial charge in [-0.1, -0.05) is 27.7 Å². The maximum atomic E-state index is 13.6. The van der Waals surface area contributed by atoms with E-state index in [2.05, 4.69) is 9.80 Å². The molecule has 3 fully saturated rings. The number of carbonyl (C=O) groups excluding carboxylic acids is 2. The predicted molar refractivity (Wildman–Crippen MR) is 163 cm³/mol. The van der Waals surface area contributed by atoms with Crippen LogP contribution in [0.3, 0.4) is 0 Å². The molecule has 1 saturated carbocycles. The lowest BCUT2D eigenvalue weighted by molar-refractivity contribution is -0.302. The number of ketones is 1. The molecule has 0 aromatic rings. The molecule has 0 spiro atoms. The summed E-state index contributed by atoms with van der Waals surface area (Å²) in [6, 6.07) is -0.257. The average Bonchev–Trinajstić information content (AvgIpc) is 3.50. The van der Waals surface area contributed by atoms with E-state index in [4.69, 9.17) is 18.9 Å². The topological polar surface area (TPSA) is 158 Å². The second kappa shape index (κ2) is 14.3. The Morgan fingerprint density at radius 1 is 0.955 bits per heavy atom. The SMILES string of the molecule is CO[C@@]1(C)C[C@@H](C)C(=O)[C@H](C)[C@@H](O)[C@@]2(O)C(C)[C@H]2OC(=O)[C@H](C)[C@@H](O)[C@H](C)[C@H]1O[C@@H]1O[C@H](C)C[C@H](N(C)CCN(C)C)[C@H]1O. The number of ether oxygens (including phenoxy) is 4. The molecule has 0 amide bonds. The number of aliphatic hydroxyl groups excluding tert-OH is 3. The van der Waals surface area contributed by atoms with E-state index >= 15 is 0 Å². The van der Waals surface area contributed by atoms with Crippen molar-refractivity contribution in [3.63, 3.8) is 0 Å². The van der Waals surface area contributed by atoms with Crippen LogP contribution in [0.2, 0.25) is 0 Å². The van der Waals surface area contributed by atoms with Gasteiger partial charge in [0.15, 0.2) is 6.29 Å². The van der Waals surface area contributed by atoms with E-state index in [1.54, 1.807) is 34.6 Å². The minimum absolute atomic E-state index is 0.141. The molecule has 0 aromatic carbocycles. The van der Waals surface area contributed by atoms with Crippen molar-refractivity contribution in [2.45, 2.75) is 121 Å². The van der Waals surface area contributed by atoms with Crippen molar-refractivity contribution < 1.29 is 49.0 Å². The molecule has 0 aromatic heterocycles. The minimum Gasteiger partial charge on any atom is -0.458 e.